The summed E-state index contributed by atoms with van der Waals surface area (Å²) in [6.45, 7) is 42.9. The van der Waals surface area contributed by atoms with Crippen molar-refractivity contribution in [2.75, 3.05) is 59.7 Å². The SMILES string of the molecule is [2H]CC1(COP(OCC[N+]#[C-])N(C(C)C)C(C)C)CCN(C(=O)CCCCCNC(=O)C(F)(F)F)CC1.[3H]OC.[C-]#[N+]CCOP(N(C(C)C)C(C)C)N(C(C)C)C(C)C. The molecule has 1 aliphatic rings. The number of hydrogen-bond acceptors (Lipinski definition) is 9. The van der Waals surface area contributed by atoms with Gasteiger partial charge in [0.1, 0.15) is 13.2 Å². The Balaban J connectivity index is 0. The lowest BCUT2D eigenvalue weighted by atomic mass is 9.81. The minimum absolute atomic E-state index is 0.00524. The first-order valence-corrected chi connectivity index (χ1v) is 22.7. The van der Waals surface area contributed by atoms with Crippen LogP contribution in [0.15, 0.2) is 0 Å². The van der Waals surface area contributed by atoms with Gasteiger partial charge in [-0.3, -0.25) is 9.59 Å². The summed E-state index contributed by atoms with van der Waals surface area (Å²) in [5.41, 5.74) is -0.378. The molecule has 58 heavy (non-hydrogen) atoms. The van der Waals surface area contributed by atoms with Gasteiger partial charge in [-0.05, 0) is 114 Å². The van der Waals surface area contributed by atoms with Gasteiger partial charge in [0.2, 0.25) is 20.4 Å². The van der Waals surface area contributed by atoms with Crippen LogP contribution in [0.4, 0.5) is 13.2 Å². The van der Waals surface area contributed by atoms with E-state index >= 15 is 0 Å². The van der Waals surface area contributed by atoms with E-state index < -0.39 is 29.1 Å². The average molecular weight is 875 g/mol. The summed E-state index contributed by atoms with van der Waals surface area (Å²) >= 11 is 0. The predicted molar refractivity (Wildman–Crippen MR) is 231 cm³/mol. The average Bonchev–Trinajstić information content (AvgIpc) is 3.14. The Morgan fingerprint density at radius 3 is 1.67 bits per heavy atom. The molecule has 1 rings (SSSR count). The fourth-order valence-corrected chi connectivity index (χ4v) is 10.4. The van der Waals surface area contributed by atoms with Crippen LogP contribution in [0.25, 0.3) is 9.69 Å². The number of alkyl halides is 3. The zero-order chi connectivity index (χ0) is 46.6. The number of piperidine rings is 1. The van der Waals surface area contributed by atoms with E-state index in [0.717, 1.165) is 0 Å². The summed E-state index contributed by atoms with van der Waals surface area (Å²) in [6.07, 6.45) is -1.84. The van der Waals surface area contributed by atoms with Crippen molar-refractivity contribution in [1.29, 1.82) is 1.43 Å². The molecule has 1 unspecified atom stereocenters. The third-order valence-electron chi connectivity index (χ3n) is 8.84. The Morgan fingerprint density at radius 2 is 1.28 bits per heavy atom. The van der Waals surface area contributed by atoms with Gasteiger partial charge in [-0.15, -0.1) is 0 Å². The third-order valence-corrected chi connectivity index (χ3v) is 13.9. The summed E-state index contributed by atoms with van der Waals surface area (Å²) in [7, 11) is -0.929. The molecule has 0 radical (unpaired) electrons. The number of amides is 2. The van der Waals surface area contributed by atoms with E-state index in [1.54, 1.807) is 4.90 Å². The van der Waals surface area contributed by atoms with Gasteiger partial charge in [0.15, 0.2) is 8.45 Å². The molecule has 0 saturated carbocycles. The monoisotopic (exact) mass is 875 g/mol. The molecule has 2 amide bonds. The van der Waals surface area contributed by atoms with Crippen LogP contribution in [0.1, 0.15) is 130 Å². The summed E-state index contributed by atoms with van der Waals surface area (Å²) in [5, 5.41) is 5.33. The normalized spacial score (nSPS) is 15.4. The molecule has 0 aromatic carbocycles. The Hall–Kier alpha value is -1.71. The number of unbranched alkanes of at least 4 members (excludes halogenated alkanes) is 2. The Labute approximate surface area is 355 Å². The Bertz CT molecular complexity index is 1200. The van der Waals surface area contributed by atoms with E-state index in [1.165, 1.54) is 7.11 Å². The topological polar surface area (TPSA) is 116 Å². The van der Waals surface area contributed by atoms with E-state index in [9.17, 15) is 22.8 Å². The first kappa shape index (κ1) is 54.3. The minimum Gasteiger partial charge on any atom is -0.400 e. The number of hydrogen-bond donors (Lipinski definition) is 2. The molecule has 0 aliphatic carbocycles. The minimum atomic E-state index is -4.88. The van der Waals surface area contributed by atoms with Gasteiger partial charge in [-0.1, -0.05) is 13.3 Å². The number of nitrogens with one attached hydrogen (secondary N) is 1. The van der Waals surface area contributed by atoms with Crippen molar-refractivity contribution in [3.8, 4) is 0 Å². The Kier molecular flexibility index (Phi) is 29.2. The van der Waals surface area contributed by atoms with Crippen molar-refractivity contribution in [3.05, 3.63) is 22.8 Å². The van der Waals surface area contributed by atoms with Gasteiger partial charge in [-0.2, -0.15) is 13.2 Å². The number of carbonyl (C=O) groups is 2. The molecule has 0 aromatic rings. The lowest BCUT2D eigenvalue weighted by molar-refractivity contribution is -0.173. The molecule has 13 nitrogen and oxygen atoms in total. The highest BCUT2D eigenvalue weighted by Crippen LogP contribution is 2.51. The van der Waals surface area contributed by atoms with Crippen molar-refractivity contribution in [2.24, 2.45) is 5.41 Å². The highest BCUT2D eigenvalue weighted by molar-refractivity contribution is 7.47. The second-order valence-corrected chi connectivity index (χ2v) is 19.0. The fraction of sp³-hybridized carbons (Fsp3) is 0.900. The second-order valence-electron chi connectivity index (χ2n) is 15.8. The highest BCUT2D eigenvalue weighted by atomic mass is 31.2. The van der Waals surface area contributed by atoms with Gasteiger partial charge in [0, 0.05) is 70.8 Å². The molecular weight excluding hydrogens is 793 g/mol. The first-order valence-electron chi connectivity index (χ1n) is 21.5. The van der Waals surface area contributed by atoms with E-state index in [2.05, 4.69) is 112 Å². The van der Waals surface area contributed by atoms with Crippen LogP contribution < -0.4 is 5.32 Å². The van der Waals surface area contributed by atoms with E-state index in [4.69, 9.17) is 29.5 Å². The Morgan fingerprint density at radius 1 is 0.828 bits per heavy atom. The van der Waals surface area contributed by atoms with Crippen LogP contribution in [0.2, 0.25) is 0 Å². The van der Waals surface area contributed by atoms with Gasteiger partial charge < -0.3 is 38.6 Å². The number of aliphatic hydroxyl groups is 1. The van der Waals surface area contributed by atoms with Crippen LogP contribution in [-0.2, 0) is 23.2 Å². The maximum absolute atomic E-state index is 12.6. The number of carbonyl (C=O) groups excluding carboxylic acids is 2. The molecule has 0 aromatic heterocycles. The summed E-state index contributed by atoms with van der Waals surface area (Å²) in [4.78, 5) is 31.9. The molecule has 340 valence electrons. The summed E-state index contributed by atoms with van der Waals surface area (Å²) in [5.74, 6) is -1.95. The summed E-state index contributed by atoms with van der Waals surface area (Å²) < 4.78 is 75.8. The molecular formula is C40H78F3N7O6P2. The van der Waals surface area contributed by atoms with E-state index in [-0.39, 0.29) is 50.0 Å². The van der Waals surface area contributed by atoms with Crippen LogP contribution in [-0.4, -0.2) is 139 Å². The molecule has 1 aliphatic heterocycles. The van der Waals surface area contributed by atoms with Gasteiger partial charge >= 0.3 is 12.1 Å². The van der Waals surface area contributed by atoms with Crippen LogP contribution >= 0.6 is 17.0 Å². The standard InChI is InChI=1S/C24H42F3N4O4P.C15H32N3OP.CH4O/c1-19(2)31(20(3)4)36(34-17-14-28-6)35-18-23(5)11-15-30(16-12-23)21(32)10-8-7-9-13-29-22(33)24(25,26)27;1-12(2)17(13(3)4)20(19-11-10-16-9)18(14(5)6)15(7)8;1-2/h19-20H,7-18H2,1-5H3,(H,29,33);12-15H,10-11H2,1-8H3;2H,1H3/i5D;;2T. The maximum atomic E-state index is 12.6. The van der Waals surface area contributed by atoms with Gasteiger partial charge in [0.25, 0.3) is 8.53 Å². The van der Waals surface area contributed by atoms with Crippen molar-refractivity contribution < 1.29 is 42.8 Å². The highest BCUT2D eigenvalue weighted by Gasteiger charge is 2.39. The number of aliphatic hydroxyl groups excluding tert-OH is 1. The summed E-state index contributed by atoms with van der Waals surface area (Å²) in [6, 6.07) is 2.07. The van der Waals surface area contributed by atoms with Crippen LogP contribution in [0, 0.1) is 18.6 Å². The lowest BCUT2D eigenvalue weighted by Crippen LogP contribution is -2.44. The maximum Gasteiger partial charge on any atom is 0.471 e. The zero-order valence-corrected chi connectivity index (χ0v) is 39.5. The van der Waals surface area contributed by atoms with Gasteiger partial charge in [0.05, 0.1) is 6.61 Å². The predicted octanol–water partition coefficient (Wildman–Crippen LogP) is 9.15. The molecule has 2 N–H and O–H groups in total. The number of halogens is 3. The number of likely N-dealkylation sites (tertiary alicyclic amines) is 1. The zero-order valence-electron chi connectivity index (χ0n) is 39.7. The molecule has 0 spiro atoms. The quantitative estimate of drug-likeness (QED) is 0.0557. The molecule has 18 heteroatoms. The molecule has 1 atom stereocenters. The van der Waals surface area contributed by atoms with E-state index in [0.29, 0.717) is 95.5 Å². The second kappa shape index (κ2) is 31.2. The van der Waals surface area contributed by atoms with Crippen LogP contribution in [0.5, 0.6) is 0 Å². The lowest BCUT2D eigenvalue weighted by Gasteiger charge is -2.45. The van der Waals surface area contributed by atoms with Crippen molar-refractivity contribution in [2.45, 2.75) is 171 Å². The third kappa shape index (κ3) is 23.3. The molecule has 0 bridgehead atoms. The van der Waals surface area contributed by atoms with Crippen molar-refractivity contribution >= 4 is 28.8 Å². The van der Waals surface area contributed by atoms with Gasteiger partial charge in [-0.25, -0.2) is 27.2 Å². The van der Waals surface area contributed by atoms with Crippen LogP contribution in [0.3, 0.4) is 0 Å². The largest absolute Gasteiger partial charge is 0.471 e. The molecule has 1 heterocycles. The first-order chi connectivity index (χ1) is 28.0. The molecule has 1 fully saturated rings. The van der Waals surface area contributed by atoms with E-state index in [1.807, 2.05) is 5.32 Å². The smallest absolute Gasteiger partial charge is 0.400 e. The van der Waals surface area contributed by atoms with Crippen molar-refractivity contribution in [1.82, 2.24) is 24.2 Å². The fourth-order valence-electron chi connectivity index (χ4n) is 6.32. The number of nitrogens with zero attached hydrogens (tertiary/aromatic N) is 6. The number of rotatable bonds is 24. The van der Waals surface area contributed by atoms with Crippen molar-refractivity contribution in [3.63, 3.8) is 0 Å². The molecule has 1 saturated heterocycles.